The molecular weight excluding hydrogens is 262 g/mol. The van der Waals surface area contributed by atoms with Gasteiger partial charge in [0.2, 0.25) is 5.91 Å². The zero-order valence-corrected chi connectivity index (χ0v) is 13.9. The van der Waals surface area contributed by atoms with Crippen molar-refractivity contribution in [1.82, 2.24) is 15.1 Å². The van der Waals surface area contributed by atoms with E-state index in [0.717, 1.165) is 26.1 Å². The van der Waals surface area contributed by atoms with Crippen molar-refractivity contribution in [1.29, 1.82) is 0 Å². The molecule has 1 saturated carbocycles. The lowest BCUT2D eigenvalue weighted by atomic mass is 9.94. The van der Waals surface area contributed by atoms with Crippen molar-refractivity contribution in [3.05, 3.63) is 0 Å². The molecule has 0 spiro atoms. The highest BCUT2D eigenvalue weighted by Gasteiger charge is 2.26. The number of piperidine rings is 1. The van der Waals surface area contributed by atoms with Crippen LogP contribution in [0.25, 0.3) is 0 Å². The van der Waals surface area contributed by atoms with E-state index in [1.165, 1.54) is 44.9 Å². The highest BCUT2D eigenvalue weighted by molar-refractivity contribution is 5.78. The molecule has 122 valence electrons. The van der Waals surface area contributed by atoms with Crippen LogP contribution in [0.5, 0.6) is 0 Å². The van der Waals surface area contributed by atoms with Crippen LogP contribution in [0.4, 0.5) is 0 Å². The normalized spacial score (nSPS) is 21.7. The predicted octanol–water partition coefficient (Wildman–Crippen LogP) is 2.24. The van der Waals surface area contributed by atoms with Crippen LogP contribution >= 0.6 is 0 Å². The van der Waals surface area contributed by atoms with E-state index < -0.39 is 0 Å². The Kier molecular flexibility index (Phi) is 6.97. The lowest BCUT2D eigenvalue weighted by Gasteiger charge is -2.37. The number of carbonyl (C=O) groups excluding carboxylic acids is 1. The molecule has 0 bridgehead atoms. The third kappa shape index (κ3) is 4.96. The van der Waals surface area contributed by atoms with Gasteiger partial charge in [-0.15, -0.1) is 0 Å². The highest BCUT2D eigenvalue weighted by Crippen LogP contribution is 2.22. The monoisotopic (exact) mass is 295 g/mol. The molecule has 2 aliphatic rings. The Bertz CT molecular complexity index is 309. The number of nitrogens with one attached hydrogen (secondary N) is 1. The first-order valence-electron chi connectivity index (χ1n) is 8.92. The smallest absolute Gasteiger partial charge is 0.236 e. The third-order valence-electron chi connectivity index (χ3n) is 5.19. The van der Waals surface area contributed by atoms with Gasteiger partial charge in [-0.05, 0) is 51.7 Å². The summed E-state index contributed by atoms with van der Waals surface area (Å²) in [7, 11) is 2.02. The zero-order chi connectivity index (χ0) is 15.1. The maximum absolute atomic E-state index is 12.6. The summed E-state index contributed by atoms with van der Waals surface area (Å²) in [6.45, 7) is 6.07. The van der Waals surface area contributed by atoms with Gasteiger partial charge in [-0.3, -0.25) is 9.69 Å². The van der Waals surface area contributed by atoms with Crippen LogP contribution in [-0.2, 0) is 4.79 Å². The molecule has 0 aromatic carbocycles. The lowest BCUT2D eigenvalue weighted by Crippen LogP contribution is -2.49. The van der Waals surface area contributed by atoms with Crippen LogP contribution in [0.1, 0.15) is 58.3 Å². The number of hydrogen-bond donors (Lipinski definition) is 1. The Labute approximate surface area is 130 Å². The molecule has 0 aromatic heterocycles. The van der Waals surface area contributed by atoms with E-state index in [-0.39, 0.29) is 0 Å². The second-order valence-electron chi connectivity index (χ2n) is 6.75. The molecule has 0 unspecified atom stereocenters. The average Bonchev–Trinajstić information content (AvgIpc) is 2.55. The van der Waals surface area contributed by atoms with Gasteiger partial charge in [-0.25, -0.2) is 0 Å². The van der Waals surface area contributed by atoms with Gasteiger partial charge >= 0.3 is 0 Å². The van der Waals surface area contributed by atoms with Gasteiger partial charge in [0, 0.05) is 19.1 Å². The molecule has 1 amide bonds. The Balaban J connectivity index is 1.86. The largest absolute Gasteiger partial charge is 0.342 e. The SMILES string of the molecule is CCCN(CC(=O)N(C)C1CCCCC1)C1CCNCC1. The Hall–Kier alpha value is -0.610. The highest BCUT2D eigenvalue weighted by atomic mass is 16.2. The lowest BCUT2D eigenvalue weighted by molar-refractivity contribution is -0.134. The third-order valence-corrected chi connectivity index (χ3v) is 5.19. The molecule has 2 rings (SSSR count). The molecule has 21 heavy (non-hydrogen) atoms. The maximum Gasteiger partial charge on any atom is 0.236 e. The van der Waals surface area contributed by atoms with E-state index in [1.54, 1.807) is 0 Å². The molecule has 1 N–H and O–H groups in total. The van der Waals surface area contributed by atoms with Crippen molar-refractivity contribution in [2.75, 3.05) is 33.2 Å². The molecule has 1 aliphatic heterocycles. The molecule has 4 heteroatoms. The van der Waals surface area contributed by atoms with Gasteiger partial charge in [0.1, 0.15) is 0 Å². The summed E-state index contributed by atoms with van der Waals surface area (Å²) in [5, 5.41) is 3.42. The molecule has 1 aliphatic carbocycles. The van der Waals surface area contributed by atoms with Gasteiger partial charge in [0.05, 0.1) is 6.54 Å². The molecule has 4 nitrogen and oxygen atoms in total. The van der Waals surface area contributed by atoms with Crippen molar-refractivity contribution in [2.45, 2.75) is 70.4 Å². The molecule has 1 heterocycles. The van der Waals surface area contributed by atoms with Gasteiger partial charge in [-0.2, -0.15) is 0 Å². The summed E-state index contributed by atoms with van der Waals surface area (Å²) in [6, 6.07) is 1.08. The topological polar surface area (TPSA) is 35.6 Å². The predicted molar refractivity (Wildman–Crippen MR) is 87.4 cm³/mol. The van der Waals surface area contributed by atoms with Crippen LogP contribution in [-0.4, -0.2) is 61.0 Å². The van der Waals surface area contributed by atoms with Crippen LogP contribution in [0.2, 0.25) is 0 Å². The molecular formula is C17H33N3O. The summed E-state index contributed by atoms with van der Waals surface area (Å²) in [5.74, 6) is 0.328. The van der Waals surface area contributed by atoms with E-state index in [9.17, 15) is 4.79 Å². The van der Waals surface area contributed by atoms with E-state index in [4.69, 9.17) is 0 Å². The standard InChI is InChI=1S/C17H33N3O/c1-3-13-20(16-9-11-18-12-10-16)14-17(21)19(2)15-7-5-4-6-8-15/h15-16,18H,3-14H2,1-2H3. The second-order valence-corrected chi connectivity index (χ2v) is 6.75. The van der Waals surface area contributed by atoms with Gasteiger partial charge in [0.25, 0.3) is 0 Å². The van der Waals surface area contributed by atoms with Gasteiger partial charge in [-0.1, -0.05) is 26.2 Å². The number of carbonyl (C=O) groups is 1. The van der Waals surface area contributed by atoms with Crippen molar-refractivity contribution in [3.63, 3.8) is 0 Å². The average molecular weight is 295 g/mol. The number of nitrogens with zero attached hydrogens (tertiary/aromatic N) is 2. The Morgan fingerprint density at radius 1 is 1.05 bits per heavy atom. The fraction of sp³-hybridized carbons (Fsp3) is 0.941. The van der Waals surface area contributed by atoms with Gasteiger partial charge in [0.15, 0.2) is 0 Å². The summed E-state index contributed by atoms with van der Waals surface area (Å²) >= 11 is 0. The fourth-order valence-corrected chi connectivity index (χ4v) is 3.81. The molecule has 1 saturated heterocycles. The van der Waals surface area contributed by atoms with Crippen molar-refractivity contribution >= 4 is 5.91 Å². The van der Waals surface area contributed by atoms with Crippen molar-refractivity contribution in [2.24, 2.45) is 0 Å². The summed E-state index contributed by atoms with van der Waals surface area (Å²) in [6.07, 6.45) is 9.80. The van der Waals surface area contributed by atoms with Crippen LogP contribution < -0.4 is 5.32 Å². The summed E-state index contributed by atoms with van der Waals surface area (Å²) in [5.41, 5.74) is 0. The molecule has 0 radical (unpaired) electrons. The Morgan fingerprint density at radius 3 is 2.33 bits per heavy atom. The number of likely N-dealkylation sites (N-methyl/N-ethyl adjacent to an activating group) is 1. The van der Waals surface area contributed by atoms with E-state index in [0.29, 0.717) is 24.5 Å². The van der Waals surface area contributed by atoms with E-state index in [2.05, 4.69) is 17.1 Å². The minimum absolute atomic E-state index is 0.328. The summed E-state index contributed by atoms with van der Waals surface area (Å²) < 4.78 is 0. The minimum Gasteiger partial charge on any atom is -0.342 e. The first kappa shape index (κ1) is 16.8. The van der Waals surface area contributed by atoms with Crippen molar-refractivity contribution < 1.29 is 4.79 Å². The molecule has 2 fully saturated rings. The zero-order valence-electron chi connectivity index (χ0n) is 13.9. The van der Waals surface area contributed by atoms with Crippen molar-refractivity contribution in [3.8, 4) is 0 Å². The minimum atomic E-state index is 0.328. The Morgan fingerprint density at radius 2 is 1.71 bits per heavy atom. The number of hydrogen-bond acceptors (Lipinski definition) is 3. The second kappa shape index (κ2) is 8.74. The summed E-state index contributed by atoms with van der Waals surface area (Å²) in [4.78, 5) is 17.1. The fourth-order valence-electron chi connectivity index (χ4n) is 3.81. The number of amides is 1. The van der Waals surface area contributed by atoms with Crippen LogP contribution in [0, 0.1) is 0 Å². The maximum atomic E-state index is 12.6. The van der Waals surface area contributed by atoms with Gasteiger partial charge < -0.3 is 10.2 Å². The molecule has 0 atom stereocenters. The molecule has 0 aromatic rings. The first-order valence-corrected chi connectivity index (χ1v) is 8.92. The van der Waals surface area contributed by atoms with Crippen LogP contribution in [0.3, 0.4) is 0 Å². The quantitative estimate of drug-likeness (QED) is 0.816. The van der Waals surface area contributed by atoms with E-state index >= 15 is 0 Å². The first-order chi connectivity index (χ1) is 10.2. The van der Waals surface area contributed by atoms with E-state index in [1.807, 2.05) is 11.9 Å². The number of rotatable bonds is 6. The van der Waals surface area contributed by atoms with Crippen LogP contribution in [0.15, 0.2) is 0 Å².